The number of β-amino-alcohol motifs (C(OH)–C–C–N with tert-alkyl or cyclic N) is 1. The first-order chi connectivity index (χ1) is 6.07. The Labute approximate surface area is 80.7 Å². The normalized spacial score (nSPS) is 39.0. The Morgan fingerprint density at radius 1 is 1.31 bits per heavy atom. The Bertz CT molecular complexity index is 183. The van der Waals surface area contributed by atoms with Gasteiger partial charge in [-0.2, -0.15) is 0 Å². The SMILES string of the molecule is CC1(C)CC(CC2CNCC2O)C1. The minimum absolute atomic E-state index is 0.0799. The summed E-state index contributed by atoms with van der Waals surface area (Å²) in [6.45, 7) is 6.51. The highest BCUT2D eigenvalue weighted by molar-refractivity contribution is 4.91. The Kier molecular flexibility index (Phi) is 2.37. The molecular weight excluding hydrogens is 162 g/mol. The van der Waals surface area contributed by atoms with Crippen molar-refractivity contribution in [3.63, 3.8) is 0 Å². The van der Waals surface area contributed by atoms with Crippen molar-refractivity contribution in [2.24, 2.45) is 17.3 Å². The van der Waals surface area contributed by atoms with Gasteiger partial charge in [0.15, 0.2) is 0 Å². The van der Waals surface area contributed by atoms with Crippen LogP contribution in [0.4, 0.5) is 0 Å². The van der Waals surface area contributed by atoms with E-state index in [1.807, 2.05) is 0 Å². The van der Waals surface area contributed by atoms with Crippen LogP contribution in [0.25, 0.3) is 0 Å². The lowest BCUT2D eigenvalue weighted by Crippen LogP contribution is -2.34. The summed E-state index contributed by atoms with van der Waals surface area (Å²) in [5.74, 6) is 1.41. The fourth-order valence-electron chi connectivity index (χ4n) is 3.06. The Morgan fingerprint density at radius 2 is 2.00 bits per heavy atom. The summed E-state index contributed by atoms with van der Waals surface area (Å²) in [5, 5.41) is 12.9. The minimum atomic E-state index is -0.0799. The number of nitrogens with one attached hydrogen (secondary N) is 1. The Morgan fingerprint density at radius 3 is 2.46 bits per heavy atom. The lowest BCUT2D eigenvalue weighted by molar-refractivity contribution is 0.0529. The molecule has 1 saturated carbocycles. The topological polar surface area (TPSA) is 32.3 Å². The standard InChI is InChI=1S/C11H21NO/c1-11(2)4-8(5-11)3-9-6-12-7-10(9)13/h8-10,12-13H,3-7H2,1-2H3. The predicted molar refractivity (Wildman–Crippen MR) is 53.5 cm³/mol. The van der Waals surface area contributed by atoms with E-state index >= 15 is 0 Å². The van der Waals surface area contributed by atoms with Crippen LogP contribution in [0.2, 0.25) is 0 Å². The lowest BCUT2D eigenvalue weighted by atomic mass is 9.62. The van der Waals surface area contributed by atoms with Crippen molar-refractivity contribution in [3.8, 4) is 0 Å². The highest BCUT2D eigenvalue weighted by Crippen LogP contribution is 2.47. The highest BCUT2D eigenvalue weighted by atomic mass is 16.3. The first-order valence-corrected chi connectivity index (χ1v) is 5.46. The lowest BCUT2D eigenvalue weighted by Gasteiger charge is -2.44. The van der Waals surface area contributed by atoms with Gasteiger partial charge in [0.2, 0.25) is 0 Å². The maximum Gasteiger partial charge on any atom is 0.0704 e. The molecule has 2 aliphatic rings. The van der Waals surface area contributed by atoms with E-state index in [9.17, 15) is 5.11 Å². The molecule has 1 heterocycles. The zero-order chi connectivity index (χ0) is 9.47. The van der Waals surface area contributed by atoms with Crippen LogP contribution >= 0.6 is 0 Å². The molecule has 0 aromatic rings. The molecule has 0 aromatic heterocycles. The summed E-state index contributed by atoms with van der Waals surface area (Å²) in [5.41, 5.74) is 0.585. The molecule has 2 rings (SSSR count). The molecule has 2 unspecified atom stereocenters. The van der Waals surface area contributed by atoms with Gasteiger partial charge in [-0.25, -0.2) is 0 Å². The molecule has 0 spiro atoms. The van der Waals surface area contributed by atoms with Gasteiger partial charge < -0.3 is 10.4 Å². The van der Waals surface area contributed by atoms with Crippen LogP contribution in [-0.2, 0) is 0 Å². The molecule has 2 nitrogen and oxygen atoms in total. The summed E-state index contributed by atoms with van der Waals surface area (Å²) in [4.78, 5) is 0. The summed E-state index contributed by atoms with van der Waals surface area (Å²) >= 11 is 0. The molecule has 0 amide bonds. The van der Waals surface area contributed by atoms with Gasteiger partial charge >= 0.3 is 0 Å². The second kappa shape index (κ2) is 3.25. The van der Waals surface area contributed by atoms with Crippen LogP contribution in [0.3, 0.4) is 0 Å². The van der Waals surface area contributed by atoms with Crippen LogP contribution in [0, 0.1) is 17.3 Å². The zero-order valence-electron chi connectivity index (χ0n) is 8.71. The molecule has 13 heavy (non-hydrogen) atoms. The van der Waals surface area contributed by atoms with Crippen molar-refractivity contribution < 1.29 is 5.11 Å². The molecule has 76 valence electrons. The van der Waals surface area contributed by atoms with E-state index in [0.717, 1.165) is 19.0 Å². The van der Waals surface area contributed by atoms with Crippen molar-refractivity contribution >= 4 is 0 Å². The van der Waals surface area contributed by atoms with Gasteiger partial charge in [0.05, 0.1) is 6.10 Å². The van der Waals surface area contributed by atoms with Crippen molar-refractivity contribution in [2.45, 2.75) is 39.2 Å². The maximum atomic E-state index is 9.63. The van der Waals surface area contributed by atoms with E-state index in [-0.39, 0.29) is 6.10 Å². The van der Waals surface area contributed by atoms with E-state index in [2.05, 4.69) is 19.2 Å². The average Bonchev–Trinajstić information content (AvgIpc) is 2.33. The third-order valence-corrected chi connectivity index (χ3v) is 3.62. The molecule has 1 aliphatic heterocycles. The molecule has 1 aliphatic carbocycles. The summed E-state index contributed by atoms with van der Waals surface area (Å²) in [6, 6.07) is 0. The second-order valence-electron chi connectivity index (χ2n) is 5.66. The summed E-state index contributed by atoms with van der Waals surface area (Å²) < 4.78 is 0. The third kappa shape index (κ3) is 2.05. The molecule has 1 saturated heterocycles. The Hall–Kier alpha value is -0.0800. The van der Waals surface area contributed by atoms with Crippen molar-refractivity contribution in [1.82, 2.24) is 5.32 Å². The number of rotatable bonds is 2. The van der Waals surface area contributed by atoms with Gasteiger partial charge in [-0.05, 0) is 36.5 Å². The molecule has 0 radical (unpaired) electrons. The summed E-state index contributed by atoms with van der Waals surface area (Å²) in [6.07, 6.45) is 3.87. The van der Waals surface area contributed by atoms with Crippen LogP contribution in [-0.4, -0.2) is 24.3 Å². The van der Waals surface area contributed by atoms with Gasteiger partial charge in [0.25, 0.3) is 0 Å². The monoisotopic (exact) mass is 183 g/mol. The number of hydrogen-bond acceptors (Lipinski definition) is 2. The van der Waals surface area contributed by atoms with E-state index in [1.165, 1.54) is 19.3 Å². The summed E-state index contributed by atoms with van der Waals surface area (Å²) in [7, 11) is 0. The second-order valence-corrected chi connectivity index (χ2v) is 5.66. The van der Waals surface area contributed by atoms with Crippen LogP contribution in [0.1, 0.15) is 33.1 Å². The molecule has 0 bridgehead atoms. The smallest absolute Gasteiger partial charge is 0.0704 e. The van der Waals surface area contributed by atoms with E-state index in [0.29, 0.717) is 11.3 Å². The number of aliphatic hydroxyl groups excluding tert-OH is 1. The molecule has 2 heteroatoms. The zero-order valence-corrected chi connectivity index (χ0v) is 8.71. The average molecular weight is 183 g/mol. The van der Waals surface area contributed by atoms with Gasteiger partial charge in [-0.1, -0.05) is 13.8 Å². The minimum Gasteiger partial charge on any atom is -0.391 e. The number of hydrogen-bond donors (Lipinski definition) is 2. The molecular formula is C11H21NO. The van der Waals surface area contributed by atoms with E-state index in [1.54, 1.807) is 0 Å². The van der Waals surface area contributed by atoms with Crippen LogP contribution in [0.15, 0.2) is 0 Å². The number of aliphatic hydroxyl groups is 1. The van der Waals surface area contributed by atoms with Gasteiger partial charge in [-0.15, -0.1) is 0 Å². The molecule has 2 fully saturated rings. The van der Waals surface area contributed by atoms with Crippen LogP contribution < -0.4 is 5.32 Å². The van der Waals surface area contributed by atoms with Gasteiger partial charge in [0, 0.05) is 13.1 Å². The van der Waals surface area contributed by atoms with Gasteiger partial charge in [0.1, 0.15) is 0 Å². The van der Waals surface area contributed by atoms with Gasteiger partial charge in [-0.3, -0.25) is 0 Å². The maximum absolute atomic E-state index is 9.63. The molecule has 2 atom stereocenters. The van der Waals surface area contributed by atoms with E-state index < -0.39 is 0 Å². The largest absolute Gasteiger partial charge is 0.391 e. The highest BCUT2D eigenvalue weighted by Gasteiger charge is 2.38. The van der Waals surface area contributed by atoms with Crippen molar-refractivity contribution in [3.05, 3.63) is 0 Å². The van der Waals surface area contributed by atoms with E-state index in [4.69, 9.17) is 0 Å². The Balaban J connectivity index is 1.74. The quantitative estimate of drug-likeness (QED) is 0.678. The molecule has 2 N–H and O–H groups in total. The molecule has 0 aromatic carbocycles. The fourth-order valence-corrected chi connectivity index (χ4v) is 3.06. The van der Waals surface area contributed by atoms with Crippen LogP contribution in [0.5, 0.6) is 0 Å². The fraction of sp³-hybridized carbons (Fsp3) is 1.00. The van der Waals surface area contributed by atoms with Crippen molar-refractivity contribution in [1.29, 1.82) is 0 Å². The predicted octanol–water partition coefficient (Wildman–Crippen LogP) is 1.39. The van der Waals surface area contributed by atoms with Crippen molar-refractivity contribution in [2.75, 3.05) is 13.1 Å². The first kappa shape index (κ1) is 9.47. The first-order valence-electron chi connectivity index (χ1n) is 5.46. The third-order valence-electron chi connectivity index (χ3n) is 3.62.